The lowest BCUT2D eigenvalue weighted by molar-refractivity contribution is -0.385. The van der Waals surface area contributed by atoms with E-state index in [-0.39, 0.29) is 12.4 Å². The van der Waals surface area contributed by atoms with Gasteiger partial charge in [0.05, 0.1) is 16.3 Å². The highest BCUT2D eigenvalue weighted by molar-refractivity contribution is 5.60. The molecule has 0 saturated carbocycles. The molecule has 9 nitrogen and oxygen atoms in total. The third-order valence-corrected chi connectivity index (χ3v) is 4.30. The molecule has 4 aromatic rings. The summed E-state index contributed by atoms with van der Waals surface area (Å²) in [7, 11) is 0. The van der Waals surface area contributed by atoms with E-state index in [9.17, 15) is 14.9 Å². The van der Waals surface area contributed by atoms with Crippen LogP contribution in [0.2, 0.25) is 0 Å². The number of nitrogens with one attached hydrogen (secondary N) is 1. The monoisotopic (exact) mass is 376 g/mol. The Labute approximate surface area is 159 Å². The van der Waals surface area contributed by atoms with Crippen molar-refractivity contribution in [1.29, 1.82) is 0 Å². The highest BCUT2D eigenvalue weighted by Gasteiger charge is 2.23. The quantitative estimate of drug-likeness (QED) is 0.424. The van der Waals surface area contributed by atoms with Gasteiger partial charge in [0.15, 0.2) is 0 Å². The number of hydrogen-bond donors (Lipinski definition) is 1. The number of pyridine rings is 1. The molecule has 0 atom stereocenters. The zero-order valence-corrected chi connectivity index (χ0v) is 14.9. The molecule has 28 heavy (non-hydrogen) atoms. The zero-order valence-electron chi connectivity index (χ0n) is 14.9. The molecule has 140 valence electrons. The first-order valence-electron chi connectivity index (χ1n) is 8.55. The number of nitrogens with zero attached hydrogens (tertiary/aromatic N) is 5. The fourth-order valence-electron chi connectivity index (χ4n) is 2.98. The summed E-state index contributed by atoms with van der Waals surface area (Å²) in [5, 5.41) is 18.8. The summed E-state index contributed by atoms with van der Waals surface area (Å²) in [5.74, 6) is -0.0624. The first kappa shape index (κ1) is 17.4. The Morgan fingerprint density at radius 1 is 1.11 bits per heavy atom. The van der Waals surface area contributed by atoms with E-state index in [0.29, 0.717) is 5.65 Å². The van der Waals surface area contributed by atoms with Gasteiger partial charge in [-0.2, -0.15) is 5.10 Å². The van der Waals surface area contributed by atoms with Crippen molar-refractivity contribution in [2.24, 2.45) is 0 Å². The lowest BCUT2D eigenvalue weighted by Gasteiger charge is -2.12. The standard InChI is InChI=1S/C19H16N6O3/c1-13-9-11-24(22-13)15-7-3-2-6-14(15)12-20-18-17(25(27)28)19(26)23-10-5-4-8-16(23)21-18/h2-11,20H,12H2,1H3. The number of benzene rings is 1. The lowest BCUT2D eigenvalue weighted by Crippen LogP contribution is -2.21. The van der Waals surface area contributed by atoms with Gasteiger partial charge in [-0.3, -0.25) is 19.3 Å². The molecule has 0 aliphatic rings. The normalized spacial score (nSPS) is 10.9. The van der Waals surface area contributed by atoms with E-state index in [2.05, 4.69) is 15.4 Å². The minimum absolute atomic E-state index is 0.0624. The highest BCUT2D eigenvalue weighted by Crippen LogP contribution is 2.21. The Bertz CT molecular complexity index is 1240. The summed E-state index contributed by atoms with van der Waals surface area (Å²) in [6.45, 7) is 2.14. The van der Waals surface area contributed by atoms with Crippen molar-refractivity contribution in [3.05, 3.63) is 92.7 Å². The first-order chi connectivity index (χ1) is 13.5. The van der Waals surface area contributed by atoms with E-state index < -0.39 is 16.2 Å². The van der Waals surface area contributed by atoms with Crippen LogP contribution in [-0.2, 0) is 6.54 Å². The minimum Gasteiger partial charge on any atom is -0.360 e. The Balaban J connectivity index is 1.73. The molecule has 0 amide bonds. The van der Waals surface area contributed by atoms with Gasteiger partial charge in [0.25, 0.3) is 0 Å². The summed E-state index contributed by atoms with van der Waals surface area (Å²) in [4.78, 5) is 27.6. The number of para-hydroxylation sites is 1. The van der Waals surface area contributed by atoms with E-state index in [0.717, 1.165) is 21.3 Å². The molecule has 0 saturated heterocycles. The average Bonchev–Trinajstić information content (AvgIpc) is 3.12. The molecule has 1 aromatic carbocycles. The maximum Gasteiger partial charge on any atom is 0.376 e. The largest absolute Gasteiger partial charge is 0.376 e. The van der Waals surface area contributed by atoms with Gasteiger partial charge >= 0.3 is 11.2 Å². The van der Waals surface area contributed by atoms with Gasteiger partial charge in [0.1, 0.15) is 5.65 Å². The van der Waals surface area contributed by atoms with Crippen molar-refractivity contribution in [2.45, 2.75) is 13.5 Å². The molecule has 1 N–H and O–H groups in total. The van der Waals surface area contributed by atoms with Crippen LogP contribution in [0.15, 0.2) is 65.7 Å². The van der Waals surface area contributed by atoms with Gasteiger partial charge in [0.2, 0.25) is 5.82 Å². The molecule has 4 rings (SSSR count). The van der Waals surface area contributed by atoms with Crippen LogP contribution in [0, 0.1) is 17.0 Å². The molecule has 0 fully saturated rings. The van der Waals surface area contributed by atoms with E-state index in [1.54, 1.807) is 22.9 Å². The minimum atomic E-state index is -0.728. The summed E-state index contributed by atoms with van der Waals surface area (Å²) >= 11 is 0. The Kier molecular flexibility index (Phi) is 4.32. The molecule has 9 heteroatoms. The molecular weight excluding hydrogens is 360 g/mol. The molecule has 0 aliphatic carbocycles. The van der Waals surface area contributed by atoms with Crippen LogP contribution < -0.4 is 10.9 Å². The van der Waals surface area contributed by atoms with Crippen LogP contribution >= 0.6 is 0 Å². The van der Waals surface area contributed by atoms with Crippen LogP contribution in [0.25, 0.3) is 11.3 Å². The molecule has 0 bridgehead atoms. The fourth-order valence-corrected chi connectivity index (χ4v) is 2.98. The van der Waals surface area contributed by atoms with Gasteiger partial charge in [-0.05, 0) is 36.8 Å². The Morgan fingerprint density at radius 2 is 1.89 bits per heavy atom. The summed E-state index contributed by atoms with van der Waals surface area (Å²) < 4.78 is 2.90. The second-order valence-corrected chi connectivity index (χ2v) is 6.18. The predicted octanol–water partition coefficient (Wildman–Crippen LogP) is 2.71. The molecule has 0 aliphatic heterocycles. The molecule has 0 radical (unpaired) electrons. The first-order valence-corrected chi connectivity index (χ1v) is 8.55. The molecular formula is C19H16N6O3. The van der Waals surface area contributed by atoms with Crippen molar-refractivity contribution in [3.63, 3.8) is 0 Å². The van der Waals surface area contributed by atoms with E-state index >= 15 is 0 Å². The molecule has 0 spiro atoms. The SMILES string of the molecule is Cc1ccn(-c2ccccc2CNc2nc3ccccn3c(=O)c2[N+](=O)[O-])n1. The number of nitro groups is 1. The van der Waals surface area contributed by atoms with Crippen molar-refractivity contribution in [2.75, 3.05) is 5.32 Å². The maximum atomic E-state index is 12.5. The van der Waals surface area contributed by atoms with Crippen molar-refractivity contribution >= 4 is 17.2 Å². The van der Waals surface area contributed by atoms with Gasteiger partial charge < -0.3 is 5.32 Å². The zero-order chi connectivity index (χ0) is 19.7. The summed E-state index contributed by atoms with van der Waals surface area (Å²) in [6, 6.07) is 14.4. The van der Waals surface area contributed by atoms with E-state index in [4.69, 9.17) is 0 Å². The fraction of sp³-hybridized carbons (Fsp3) is 0.105. The van der Waals surface area contributed by atoms with Crippen LogP contribution in [0.4, 0.5) is 11.5 Å². The van der Waals surface area contributed by atoms with Crippen LogP contribution in [-0.4, -0.2) is 24.1 Å². The van der Waals surface area contributed by atoms with Crippen molar-refractivity contribution in [3.8, 4) is 5.69 Å². The van der Waals surface area contributed by atoms with Crippen molar-refractivity contribution in [1.82, 2.24) is 19.2 Å². The molecule has 3 aromatic heterocycles. The van der Waals surface area contributed by atoms with E-state index in [1.165, 1.54) is 6.20 Å². The summed E-state index contributed by atoms with van der Waals surface area (Å²) in [6.07, 6.45) is 3.30. The predicted molar refractivity (Wildman–Crippen MR) is 104 cm³/mol. The number of rotatable bonds is 5. The van der Waals surface area contributed by atoms with Crippen molar-refractivity contribution < 1.29 is 4.92 Å². The van der Waals surface area contributed by atoms with Crippen LogP contribution in [0.3, 0.4) is 0 Å². The van der Waals surface area contributed by atoms with Gasteiger partial charge in [-0.25, -0.2) is 9.67 Å². The number of aryl methyl sites for hydroxylation is 1. The highest BCUT2D eigenvalue weighted by atomic mass is 16.6. The second kappa shape index (κ2) is 6.95. The Hall–Kier alpha value is -4.01. The topological polar surface area (TPSA) is 107 Å². The third kappa shape index (κ3) is 3.09. The average molecular weight is 376 g/mol. The van der Waals surface area contributed by atoms with Gasteiger partial charge in [0, 0.05) is 18.9 Å². The number of anilines is 1. The third-order valence-electron chi connectivity index (χ3n) is 4.30. The molecule has 0 unspecified atom stereocenters. The number of fused-ring (bicyclic) bond motifs is 1. The number of aromatic nitrogens is 4. The van der Waals surface area contributed by atoms with Crippen LogP contribution in [0.1, 0.15) is 11.3 Å². The molecule has 3 heterocycles. The van der Waals surface area contributed by atoms with Gasteiger partial charge in [-0.1, -0.05) is 24.3 Å². The lowest BCUT2D eigenvalue weighted by atomic mass is 10.2. The van der Waals surface area contributed by atoms with E-state index in [1.807, 2.05) is 43.5 Å². The Morgan fingerprint density at radius 3 is 2.64 bits per heavy atom. The second-order valence-electron chi connectivity index (χ2n) is 6.18. The van der Waals surface area contributed by atoms with Crippen LogP contribution in [0.5, 0.6) is 0 Å². The van der Waals surface area contributed by atoms with Gasteiger partial charge in [-0.15, -0.1) is 0 Å². The summed E-state index contributed by atoms with van der Waals surface area (Å²) in [5.41, 5.74) is 1.59. The number of hydrogen-bond acceptors (Lipinski definition) is 6. The maximum absolute atomic E-state index is 12.5. The smallest absolute Gasteiger partial charge is 0.360 e.